The average molecular weight is 296 g/mol. The third kappa shape index (κ3) is 1.81. The molecule has 0 saturated heterocycles. The molecule has 64 valence electrons. The van der Waals surface area contributed by atoms with Crippen LogP contribution in [0.3, 0.4) is 0 Å². The van der Waals surface area contributed by atoms with Crippen LogP contribution in [0.25, 0.3) is 3.58 Å². The van der Waals surface area contributed by atoms with Gasteiger partial charge in [-0.05, 0) is 28.7 Å². The number of aromatic amines is 1. The molecule has 0 fully saturated rings. The summed E-state index contributed by atoms with van der Waals surface area (Å²) in [4.78, 5) is 0. The number of nitrogens with two attached hydrogens (primary N) is 1. The molecule has 3 N–H and O–H groups in total. The van der Waals surface area contributed by atoms with Crippen LogP contribution >= 0.6 is 34.2 Å². The number of allylic oxidation sites excluding steroid dienone is 2. The van der Waals surface area contributed by atoms with Gasteiger partial charge in [0.05, 0.1) is 5.56 Å². The second-order valence-electron chi connectivity index (χ2n) is 2.05. The Hall–Kier alpha value is -0.490. The third-order valence-corrected chi connectivity index (χ3v) is 2.43. The normalized spacial score (nSPS) is 11.7. The lowest BCUT2D eigenvalue weighted by Gasteiger charge is -1.95. The molecule has 0 aromatic carbocycles. The molecule has 0 aliphatic rings. The van der Waals surface area contributed by atoms with E-state index in [2.05, 4.69) is 39.4 Å². The van der Waals surface area contributed by atoms with Crippen LogP contribution < -0.4 is 5.73 Å². The standard InChI is InChI=1S/C7H7ClIN3/c1-2-3-4(9)5-6(8)11-12-7(5)10/h2-3H,1H2,(H3,10,11,12)/b4-3+. The lowest BCUT2D eigenvalue weighted by Crippen LogP contribution is -1.87. The quantitative estimate of drug-likeness (QED) is 0.651. The van der Waals surface area contributed by atoms with Crippen molar-refractivity contribution in [2.24, 2.45) is 0 Å². The van der Waals surface area contributed by atoms with Gasteiger partial charge in [-0.1, -0.05) is 24.3 Å². The smallest absolute Gasteiger partial charge is 0.161 e. The number of rotatable bonds is 2. The minimum atomic E-state index is 0.384. The van der Waals surface area contributed by atoms with Crippen molar-refractivity contribution in [3.63, 3.8) is 0 Å². The van der Waals surface area contributed by atoms with Crippen molar-refractivity contribution in [1.82, 2.24) is 10.2 Å². The van der Waals surface area contributed by atoms with Gasteiger partial charge in [-0.15, -0.1) is 0 Å². The maximum Gasteiger partial charge on any atom is 0.161 e. The van der Waals surface area contributed by atoms with E-state index in [1.54, 1.807) is 6.08 Å². The molecule has 12 heavy (non-hydrogen) atoms. The summed E-state index contributed by atoms with van der Waals surface area (Å²) >= 11 is 7.89. The summed E-state index contributed by atoms with van der Waals surface area (Å²) in [5, 5.41) is 6.73. The molecular weight excluding hydrogens is 288 g/mol. The van der Waals surface area contributed by atoms with Gasteiger partial charge in [-0.25, -0.2) is 0 Å². The van der Waals surface area contributed by atoms with Gasteiger partial charge in [0.25, 0.3) is 0 Å². The van der Waals surface area contributed by atoms with Crippen LogP contribution in [0.2, 0.25) is 5.15 Å². The van der Waals surface area contributed by atoms with Crippen molar-refractivity contribution in [1.29, 1.82) is 0 Å². The molecule has 3 nitrogen and oxygen atoms in total. The summed E-state index contributed by atoms with van der Waals surface area (Å²) in [6.07, 6.45) is 3.48. The number of H-pyrrole nitrogens is 1. The highest BCUT2D eigenvalue weighted by atomic mass is 127. The fourth-order valence-electron chi connectivity index (χ4n) is 0.746. The molecular formula is C7H7ClIN3. The van der Waals surface area contributed by atoms with Crippen LogP contribution in [0.1, 0.15) is 5.56 Å². The van der Waals surface area contributed by atoms with Crippen molar-refractivity contribution < 1.29 is 0 Å². The van der Waals surface area contributed by atoms with Crippen LogP contribution in [-0.4, -0.2) is 10.2 Å². The first kappa shape index (κ1) is 9.60. The summed E-state index contributed by atoms with van der Waals surface area (Å²) in [5.74, 6) is 0.475. The number of anilines is 1. The first-order chi connectivity index (χ1) is 5.66. The molecule has 1 heterocycles. The lowest BCUT2D eigenvalue weighted by atomic mass is 10.3. The van der Waals surface area contributed by atoms with Crippen LogP contribution in [-0.2, 0) is 0 Å². The molecule has 0 aliphatic carbocycles. The molecule has 1 aromatic heterocycles. The van der Waals surface area contributed by atoms with Gasteiger partial charge in [0.1, 0.15) is 5.82 Å². The van der Waals surface area contributed by atoms with E-state index in [-0.39, 0.29) is 0 Å². The van der Waals surface area contributed by atoms with Gasteiger partial charge in [0.2, 0.25) is 0 Å². The zero-order valence-corrected chi connectivity index (χ0v) is 9.06. The largest absolute Gasteiger partial charge is 0.384 e. The first-order valence-electron chi connectivity index (χ1n) is 3.14. The van der Waals surface area contributed by atoms with Crippen LogP contribution in [0.4, 0.5) is 5.82 Å². The SMILES string of the molecule is C=C/C=C(/I)c1c(Cl)n[nH]c1N. The Morgan fingerprint density at radius 2 is 2.42 bits per heavy atom. The Morgan fingerprint density at radius 3 is 2.83 bits per heavy atom. The van der Waals surface area contributed by atoms with Crippen LogP contribution in [0.15, 0.2) is 18.7 Å². The Balaban J connectivity index is 3.17. The third-order valence-electron chi connectivity index (χ3n) is 1.25. The predicted octanol–water partition coefficient (Wildman–Crippen LogP) is 2.61. The lowest BCUT2D eigenvalue weighted by molar-refractivity contribution is 1.10. The van der Waals surface area contributed by atoms with E-state index in [0.717, 1.165) is 9.14 Å². The molecule has 1 rings (SSSR count). The van der Waals surface area contributed by atoms with E-state index in [1.165, 1.54) is 0 Å². The maximum absolute atomic E-state index is 5.77. The molecule has 0 saturated carbocycles. The van der Waals surface area contributed by atoms with E-state index >= 15 is 0 Å². The average Bonchev–Trinajstić information content (AvgIpc) is 2.32. The first-order valence-corrected chi connectivity index (χ1v) is 4.60. The van der Waals surface area contributed by atoms with E-state index in [9.17, 15) is 0 Å². The molecule has 0 unspecified atom stereocenters. The second kappa shape index (κ2) is 3.95. The van der Waals surface area contributed by atoms with Crippen LogP contribution in [0.5, 0.6) is 0 Å². The van der Waals surface area contributed by atoms with Gasteiger partial charge < -0.3 is 5.73 Å². The van der Waals surface area contributed by atoms with Crippen LogP contribution in [0, 0.1) is 0 Å². The second-order valence-corrected chi connectivity index (χ2v) is 3.57. The van der Waals surface area contributed by atoms with Crippen molar-refractivity contribution >= 4 is 43.6 Å². The Kier molecular flexibility index (Phi) is 3.16. The maximum atomic E-state index is 5.77. The Labute approximate surface area is 88.8 Å². The summed E-state index contributed by atoms with van der Waals surface area (Å²) in [5.41, 5.74) is 6.32. The van der Waals surface area contributed by atoms with E-state index in [1.807, 2.05) is 6.08 Å². The van der Waals surface area contributed by atoms with E-state index in [0.29, 0.717) is 11.0 Å². The van der Waals surface area contributed by atoms with Gasteiger partial charge >= 0.3 is 0 Å². The number of hydrogen-bond donors (Lipinski definition) is 2. The number of nitrogens with one attached hydrogen (secondary N) is 1. The van der Waals surface area contributed by atoms with Gasteiger partial charge in [0, 0.05) is 3.58 Å². The Bertz CT molecular complexity index is 310. The number of halogens is 2. The zero-order chi connectivity index (χ0) is 9.14. The molecule has 0 amide bonds. The minimum Gasteiger partial charge on any atom is -0.384 e. The van der Waals surface area contributed by atoms with Gasteiger partial charge in [-0.3, -0.25) is 5.10 Å². The number of aromatic nitrogens is 2. The highest BCUT2D eigenvalue weighted by Gasteiger charge is 2.10. The molecule has 0 atom stereocenters. The number of nitrogens with zero attached hydrogens (tertiary/aromatic N) is 1. The van der Waals surface area contributed by atoms with Crippen molar-refractivity contribution in [2.75, 3.05) is 5.73 Å². The summed E-state index contributed by atoms with van der Waals surface area (Å²) in [6, 6.07) is 0. The topological polar surface area (TPSA) is 54.7 Å². The number of nitrogen functional groups attached to an aromatic ring is 1. The molecule has 0 spiro atoms. The predicted molar refractivity (Wildman–Crippen MR) is 60.2 cm³/mol. The molecule has 1 aromatic rings. The van der Waals surface area contributed by atoms with Gasteiger partial charge in [-0.2, -0.15) is 5.10 Å². The minimum absolute atomic E-state index is 0.384. The summed E-state index contributed by atoms with van der Waals surface area (Å²) < 4.78 is 0.916. The molecule has 0 aliphatic heterocycles. The van der Waals surface area contributed by atoms with Crippen molar-refractivity contribution in [2.45, 2.75) is 0 Å². The summed E-state index contributed by atoms with van der Waals surface area (Å²) in [6.45, 7) is 3.57. The fraction of sp³-hybridized carbons (Fsp3) is 0. The summed E-state index contributed by atoms with van der Waals surface area (Å²) in [7, 11) is 0. The molecule has 0 radical (unpaired) electrons. The Morgan fingerprint density at radius 1 is 1.75 bits per heavy atom. The highest BCUT2D eigenvalue weighted by Crippen LogP contribution is 2.31. The molecule has 0 bridgehead atoms. The zero-order valence-electron chi connectivity index (χ0n) is 6.14. The number of hydrogen-bond acceptors (Lipinski definition) is 2. The van der Waals surface area contributed by atoms with Crippen molar-refractivity contribution in [3.8, 4) is 0 Å². The van der Waals surface area contributed by atoms with E-state index in [4.69, 9.17) is 17.3 Å². The highest BCUT2D eigenvalue weighted by molar-refractivity contribution is 14.1. The van der Waals surface area contributed by atoms with E-state index < -0.39 is 0 Å². The fourth-order valence-corrected chi connectivity index (χ4v) is 1.95. The molecule has 5 heteroatoms. The van der Waals surface area contributed by atoms with Gasteiger partial charge in [0.15, 0.2) is 5.15 Å². The van der Waals surface area contributed by atoms with Crippen molar-refractivity contribution in [3.05, 3.63) is 29.4 Å². The monoisotopic (exact) mass is 295 g/mol.